The molecule has 0 saturated carbocycles. The predicted molar refractivity (Wildman–Crippen MR) is 106 cm³/mol. The number of carbonyl (C=O) groups is 2. The van der Waals surface area contributed by atoms with Crippen LogP contribution < -0.4 is 4.72 Å². The number of rotatable bonds is 11. The minimum absolute atomic E-state index is 0.323. The number of likely N-dealkylation sites (tertiary alicyclic amines) is 1. The van der Waals surface area contributed by atoms with Gasteiger partial charge in [-0.3, -0.25) is 19.1 Å². The normalized spacial score (nSPS) is 16.5. The molecule has 0 bridgehead atoms. The smallest absolute Gasteiger partial charge is 0.322 e. The maximum atomic E-state index is 12.1. The Hall–Kier alpha value is -1.84. The monoisotopic (exact) mass is 411 g/mol. The van der Waals surface area contributed by atoms with E-state index >= 15 is 0 Å². The van der Waals surface area contributed by atoms with E-state index in [-0.39, 0.29) is 12.3 Å². The fraction of sp³-hybridized carbons (Fsp3) is 0.632. The van der Waals surface area contributed by atoms with Crippen molar-refractivity contribution in [1.29, 1.82) is 0 Å². The molecular weight excluding hydrogens is 382 g/mol. The average Bonchev–Trinajstić information content (AvgIpc) is 2.58. The number of aromatic nitrogens is 1. The molecule has 0 aromatic carbocycles. The number of carbonyl (C=O) groups excluding carboxylic acids is 1. The molecule has 1 saturated heterocycles. The van der Waals surface area contributed by atoms with Crippen molar-refractivity contribution in [3.05, 3.63) is 29.1 Å². The maximum Gasteiger partial charge on any atom is 0.322 e. The van der Waals surface area contributed by atoms with Crippen LogP contribution in [0.15, 0.2) is 12.1 Å². The van der Waals surface area contributed by atoms with Crippen molar-refractivity contribution in [2.45, 2.75) is 58.4 Å². The van der Waals surface area contributed by atoms with Gasteiger partial charge < -0.3 is 10.0 Å². The zero-order chi connectivity index (χ0) is 20.7. The highest BCUT2D eigenvalue weighted by atomic mass is 32.2. The molecule has 156 valence electrons. The highest BCUT2D eigenvalue weighted by molar-refractivity contribution is 7.77. The second-order valence-corrected chi connectivity index (χ2v) is 8.05. The Kier molecular flexibility index (Phi) is 8.53. The third kappa shape index (κ3) is 6.65. The lowest BCUT2D eigenvalue weighted by Gasteiger charge is -2.40. The summed E-state index contributed by atoms with van der Waals surface area (Å²) >= 11 is -2.48. The van der Waals surface area contributed by atoms with Crippen LogP contribution >= 0.6 is 0 Å². The summed E-state index contributed by atoms with van der Waals surface area (Å²) in [7, 11) is 0. The Morgan fingerprint density at radius 3 is 2.64 bits per heavy atom. The summed E-state index contributed by atoms with van der Waals surface area (Å²) in [4.78, 5) is 29.5. The Balaban J connectivity index is 1.75. The SMILES string of the molecule is CCCCc1ccc(CCC2CN(C(=O)CC(NS(=O)O)C(=O)O)C2)nc1C. The van der Waals surface area contributed by atoms with Crippen LogP contribution in [-0.2, 0) is 33.7 Å². The van der Waals surface area contributed by atoms with E-state index in [1.165, 1.54) is 18.4 Å². The average molecular weight is 412 g/mol. The van der Waals surface area contributed by atoms with Gasteiger partial charge in [0.25, 0.3) is 0 Å². The summed E-state index contributed by atoms with van der Waals surface area (Å²) in [6.07, 6.45) is 4.83. The summed E-state index contributed by atoms with van der Waals surface area (Å²) in [5.74, 6) is -1.28. The first-order valence-electron chi connectivity index (χ1n) is 9.63. The standard InChI is InChI=1S/C19H29N3O5S/c1-3-4-5-15-7-9-16(20-13(15)2)8-6-14-11-22(12-14)18(23)10-17(19(24)25)21-28(26)27/h7,9,14,17,21H,3-6,8,10-12H2,1-2H3,(H,24,25)(H,26,27). The van der Waals surface area contributed by atoms with Crippen molar-refractivity contribution < 1.29 is 23.5 Å². The van der Waals surface area contributed by atoms with Crippen LogP contribution in [0.2, 0.25) is 0 Å². The van der Waals surface area contributed by atoms with Gasteiger partial charge in [0.1, 0.15) is 6.04 Å². The minimum atomic E-state index is -2.48. The van der Waals surface area contributed by atoms with E-state index in [1.807, 2.05) is 11.6 Å². The summed E-state index contributed by atoms with van der Waals surface area (Å²) in [6.45, 7) is 5.39. The predicted octanol–water partition coefficient (Wildman–Crippen LogP) is 1.69. The number of nitrogens with zero attached hydrogens (tertiary/aromatic N) is 2. The molecule has 1 aromatic heterocycles. The fourth-order valence-corrected chi connectivity index (χ4v) is 3.75. The molecule has 1 aliphatic heterocycles. The Labute approximate surface area is 168 Å². The number of hydrogen-bond donors (Lipinski definition) is 3. The van der Waals surface area contributed by atoms with E-state index in [0.29, 0.717) is 19.0 Å². The van der Waals surface area contributed by atoms with Crippen LogP contribution in [0.5, 0.6) is 0 Å². The molecule has 8 nitrogen and oxygen atoms in total. The van der Waals surface area contributed by atoms with E-state index in [1.54, 1.807) is 4.90 Å². The van der Waals surface area contributed by atoms with Crippen LogP contribution in [0.1, 0.15) is 49.6 Å². The molecule has 1 aromatic rings. The molecule has 2 rings (SSSR count). The molecule has 3 N–H and O–H groups in total. The van der Waals surface area contributed by atoms with Gasteiger partial charge >= 0.3 is 5.97 Å². The number of aliphatic carboxylic acids is 1. The van der Waals surface area contributed by atoms with Gasteiger partial charge in [0.2, 0.25) is 17.2 Å². The molecule has 2 atom stereocenters. The fourth-order valence-electron chi connectivity index (χ4n) is 3.33. The zero-order valence-electron chi connectivity index (χ0n) is 16.4. The second-order valence-electron chi connectivity index (χ2n) is 7.32. The van der Waals surface area contributed by atoms with Gasteiger partial charge in [0, 0.05) is 24.5 Å². The number of amides is 1. The molecule has 2 unspecified atom stereocenters. The molecule has 1 amide bonds. The van der Waals surface area contributed by atoms with Gasteiger partial charge in [-0.1, -0.05) is 19.4 Å². The molecule has 0 aliphatic carbocycles. The lowest BCUT2D eigenvalue weighted by molar-refractivity contribution is -0.145. The number of nitrogens with one attached hydrogen (secondary N) is 1. The number of pyridine rings is 1. The number of carboxylic acid groups (broad SMARTS) is 1. The second kappa shape index (κ2) is 10.6. The van der Waals surface area contributed by atoms with Gasteiger partial charge in [-0.15, -0.1) is 0 Å². The summed E-state index contributed by atoms with van der Waals surface area (Å²) in [6, 6.07) is 2.88. The lowest BCUT2D eigenvalue weighted by Crippen LogP contribution is -2.52. The summed E-state index contributed by atoms with van der Waals surface area (Å²) in [5, 5.41) is 9.01. The van der Waals surface area contributed by atoms with Gasteiger partial charge in [0.15, 0.2) is 0 Å². The first kappa shape index (κ1) is 22.4. The summed E-state index contributed by atoms with van der Waals surface area (Å²) in [5.41, 5.74) is 3.45. The highest BCUT2D eigenvalue weighted by Gasteiger charge is 2.33. The number of unbranched alkanes of at least 4 members (excludes halogenated alkanes) is 1. The van der Waals surface area contributed by atoms with Crippen LogP contribution in [0, 0.1) is 12.8 Å². The maximum absolute atomic E-state index is 12.1. The molecular formula is C19H29N3O5S. The van der Waals surface area contributed by atoms with Crippen LogP contribution in [0.3, 0.4) is 0 Å². The molecule has 0 radical (unpaired) electrons. The quantitative estimate of drug-likeness (QED) is 0.477. The van der Waals surface area contributed by atoms with E-state index in [4.69, 9.17) is 14.6 Å². The van der Waals surface area contributed by atoms with E-state index in [2.05, 4.69) is 19.1 Å². The van der Waals surface area contributed by atoms with Gasteiger partial charge in [-0.25, -0.2) is 4.21 Å². The van der Waals surface area contributed by atoms with Gasteiger partial charge in [0.05, 0.1) is 6.42 Å². The van der Waals surface area contributed by atoms with Crippen LogP contribution in [-0.4, -0.2) is 54.8 Å². The number of carboxylic acids is 1. The third-order valence-electron chi connectivity index (χ3n) is 5.09. The Morgan fingerprint density at radius 2 is 2.07 bits per heavy atom. The molecule has 2 heterocycles. The van der Waals surface area contributed by atoms with Crippen molar-refractivity contribution in [1.82, 2.24) is 14.6 Å². The minimum Gasteiger partial charge on any atom is -0.480 e. The third-order valence-corrected chi connectivity index (χ3v) is 5.58. The molecule has 28 heavy (non-hydrogen) atoms. The largest absolute Gasteiger partial charge is 0.480 e. The first-order chi connectivity index (χ1) is 13.3. The van der Waals surface area contributed by atoms with Gasteiger partial charge in [-0.2, -0.15) is 4.72 Å². The van der Waals surface area contributed by atoms with Gasteiger partial charge in [-0.05, 0) is 50.2 Å². The number of hydrogen-bond acceptors (Lipinski definition) is 4. The van der Waals surface area contributed by atoms with Crippen molar-refractivity contribution in [2.24, 2.45) is 5.92 Å². The zero-order valence-corrected chi connectivity index (χ0v) is 17.2. The van der Waals surface area contributed by atoms with E-state index < -0.39 is 23.3 Å². The van der Waals surface area contributed by atoms with Crippen molar-refractivity contribution in [3.63, 3.8) is 0 Å². The molecule has 1 aliphatic rings. The highest BCUT2D eigenvalue weighted by Crippen LogP contribution is 2.22. The topological polar surface area (TPSA) is 120 Å². The molecule has 0 spiro atoms. The van der Waals surface area contributed by atoms with Crippen molar-refractivity contribution >= 4 is 23.1 Å². The molecule has 1 fully saturated rings. The van der Waals surface area contributed by atoms with E-state index in [0.717, 1.165) is 30.7 Å². The van der Waals surface area contributed by atoms with Crippen molar-refractivity contribution in [3.8, 4) is 0 Å². The first-order valence-corrected chi connectivity index (χ1v) is 10.7. The van der Waals surface area contributed by atoms with Crippen LogP contribution in [0.4, 0.5) is 0 Å². The lowest BCUT2D eigenvalue weighted by atomic mass is 9.93. The van der Waals surface area contributed by atoms with E-state index in [9.17, 15) is 13.8 Å². The van der Waals surface area contributed by atoms with Crippen molar-refractivity contribution in [2.75, 3.05) is 13.1 Å². The number of aryl methyl sites for hydroxylation is 3. The van der Waals surface area contributed by atoms with Crippen LogP contribution in [0.25, 0.3) is 0 Å². The Morgan fingerprint density at radius 1 is 1.36 bits per heavy atom. The Bertz CT molecular complexity index is 722. The molecule has 9 heteroatoms. The summed E-state index contributed by atoms with van der Waals surface area (Å²) < 4.78 is 21.5.